The lowest BCUT2D eigenvalue weighted by atomic mass is 10.1. The number of aromatic nitrogens is 2. The molecule has 26 heavy (non-hydrogen) atoms. The molecule has 2 amide bonds. The van der Waals surface area contributed by atoms with Crippen molar-refractivity contribution in [2.24, 2.45) is 7.05 Å². The molecule has 1 aromatic carbocycles. The SMILES string of the molecule is CC[C@H](NNC(=O)c1cn(C)c2ccccc12)C(=O)Nc1cc(C)on1. The number of nitrogens with zero attached hydrogens (tertiary/aromatic N) is 2. The van der Waals surface area contributed by atoms with E-state index in [1.165, 1.54) is 0 Å². The second-order valence-electron chi connectivity index (χ2n) is 6.04. The number of rotatable bonds is 6. The maximum absolute atomic E-state index is 12.5. The van der Waals surface area contributed by atoms with Gasteiger partial charge in [0.1, 0.15) is 11.8 Å². The van der Waals surface area contributed by atoms with E-state index in [1.807, 2.05) is 42.8 Å². The van der Waals surface area contributed by atoms with Crippen molar-refractivity contribution in [2.45, 2.75) is 26.3 Å². The van der Waals surface area contributed by atoms with Crippen LogP contribution in [0, 0.1) is 6.92 Å². The van der Waals surface area contributed by atoms with Crippen molar-refractivity contribution >= 4 is 28.5 Å². The zero-order chi connectivity index (χ0) is 18.7. The first-order chi connectivity index (χ1) is 12.5. The van der Waals surface area contributed by atoms with Crippen LogP contribution in [0.5, 0.6) is 0 Å². The van der Waals surface area contributed by atoms with E-state index in [0.717, 1.165) is 10.9 Å². The van der Waals surface area contributed by atoms with Gasteiger partial charge in [-0.3, -0.25) is 15.0 Å². The molecule has 1 atom stereocenters. The van der Waals surface area contributed by atoms with E-state index in [4.69, 9.17) is 4.52 Å². The molecule has 3 N–H and O–H groups in total. The summed E-state index contributed by atoms with van der Waals surface area (Å²) in [6, 6.07) is 8.66. The number of fused-ring (bicyclic) bond motifs is 1. The summed E-state index contributed by atoms with van der Waals surface area (Å²) in [5.41, 5.74) is 6.91. The second-order valence-corrected chi connectivity index (χ2v) is 6.04. The van der Waals surface area contributed by atoms with Crippen LogP contribution >= 0.6 is 0 Å². The molecule has 0 spiro atoms. The van der Waals surface area contributed by atoms with Gasteiger partial charge in [0.2, 0.25) is 5.91 Å². The molecule has 0 radical (unpaired) electrons. The minimum Gasteiger partial charge on any atom is -0.360 e. The number of carbonyl (C=O) groups excluding carboxylic acids is 2. The number of carbonyl (C=O) groups is 2. The number of hydrogen-bond donors (Lipinski definition) is 3. The molecule has 0 aliphatic rings. The van der Waals surface area contributed by atoms with Crippen LogP contribution in [0.1, 0.15) is 29.5 Å². The summed E-state index contributed by atoms with van der Waals surface area (Å²) in [5, 5.41) is 7.23. The Hall–Kier alpha value is -3.13. The number of para-hydroxylation sites is 1. The fraction of sp³-hybridized carbons (Fsp3) is 0.278. The minimum absolute atomic E-state index is 0.301. The van der Waals surface area contributed by atoms with Crippen molar-refractivity contribution in [1.82, 2.24) is 20.6 Å². The highest BCUT2D eigenvalue weighted by atomic mass is 16.5. The summed E-state index contributed by atoms with van der Waals surface area (Å²) in [5.74, 6) is 0.336. The average molecular weight is 355 g/mol. The van der Waals surface area contributed by atoms with Crippen LogP contribution in [-0.2, 0) is 11.8 Å². The lowest BCUT2D eigenvalue weighted by Gasteiger charge is -2.16. The quantitative estimate of drug-likeness (QED) is 0.588. The van der Waals surface area contributed by atoms with Gasteiger partial charge in [-0.2, -0.15) is 0 Å². The van der Waals surface area contributed by atoms with Gasteiger partial charge >= 0.3 is 0 Å². The number of benzene rings is 1. The highest BCUT2D eigenvalue weighted by molar-refractivity contribution is 6.07. The maximum atomic E-state index is 12.5. The van der Waals surface area contributed by atoms with Crippen molar-refractivity contribution in [2.75, 3.05) is 5.32 Å². The van der Waals surface area contributed by atoms with Crippen LogP contribution < -0.4 is 16.2 Å². The number of nitrogens with one attached hydrogen (secondary N) is 3. The Kier molecular flexibility index (Phi) is 5.04. The van der Waals surface area contributed by atoms with Crippen LogP contribution in [0.15, 0.2) is 41.1 Å². The molecular weight excluding hydrogens is 334 g/mol. The van der Waals surface area contributed by atoms with Gasteiger partial charge in [-0.15, -0.1) is 0 Å². The third-order valence-corrected chi connectivity index (χ3v) is 4.11. The summed E-state index contributed by atoms with van der Waals surface area (Å²) in [6.45, 7) is 3.58. The first kappa shape index (κ1) is 17.7. The Morgan fingerprint density at radius 2 is 2.08 bits per heavy atom. The van der Waals surface area contributed by atoms with Gasteiger partial charge in [0.15, 0.2) is 5.82 Å². The van der Waals surface area contributed by atoms with Crippen molar-refractivity contribution in [3.05, 3.63) is 47.9 Å². The topological polar surface area (TPSA) is 101 Å². The Labute approximate surface area is 150 Å². The Morgan fingerprint density at radius 1 is 1.31 bits per heavy atom. The first-order valence-electron chi connectivity index (χ1n) is 8.33. The molecule has 0 fully saturated rings. The zero-order valence-corrected chi connectivity index (χ0v) is 14.9. The number of anilines is 1. The molecule has 0 saturated heterocycles. The Morgan fingerprint density at radius 3 is 2.77 bits per heavy atom. The highest BCUT2D eigenvalue weighted by Crippen LogP contribution is 2.19. The highest BCUT2D eigenvalue weighted by Gasteiger charge is 2.20. The van der Waals surface area contributed by atoms with E-state index in [-0.39, 0.29) is 11.8 Å². The minimum atomic E-state index is -0.606. The van der Waals surface area contributed by atoms with Crippen LogP contribution in [0.25, 0.3) is 10.9 Å². The van der Waals surface area contributed by atoms with Gasteiger partial charge in [0.25, 0.3) is 5.91 Å². The zero-order valence-electron chi connectivity index (χ0n) is 14.9. The standard InChI is InChI=1S/C18H21N5O3/c1-4-14(18(25)19-16-9-11(2)26-22-16)20-21-17(24)13-10-23(3)15-8-6-5-7-12(13)15/h5-10,14,20H,4H2,1-3H3,(H,21,24)(H,19,22,25)/t14-/m0/s1. The van der Waals surface area contributed by atoms with Gasteiger partial charge in [-0.05, 0) is 19.4 Å². The van der Waals surface area contributed by atoms with Crippen molar-refractivity contribution < 1.29 is 14.1 Å². The fourth-order valence-corrected chi connectivity index (χ4v) is 2.73. The molecule has 8 heteroatoms. The van der Waals surface area contributed by atoms with Crippen LogP contribution in [0.4, 0.5) is 5.82 Å². The van der Waals surface area contributed by atoms with Crippen LogP contribution in [0.2, 0.25) is 0 Å². The average Bonchev–Trinajstić information content (AvgIpc) is 3.19. The van der Waals surface area contributed by atoms with Gasteiger partial charge in [0, 0.05) is 30.2 Å². The number of amides is 2. The predicted octanol–water partition coefficient (Wildman–Crippen LogP) is 2.13. The van der Waals surface area contributed by atoms with E-state index in [9.17, 15) is 9.59 Å². The normalized spacial score (nSPS) is 12.1. The van der Waals surface area contributed by atoms with E-state index in [2.05, 4.69) is 21.3 Å². The molecule has 3 rings (SSSR count). The molecule has 0 aliphatic carbocycles. The number of aryl methyl sites for hydroxylation is 2. The smallest absolute Gasteiger partial charge is 0.267 e. The number of hydrazine groups is 1. The number of hydrogen-bond acceptors (Lipinski definition) is 5. The van der Waals surface area contributed by atoms with Crippen LogP contribution in [0.3, 0.4) is 0 Å². The Bertz CT molecular complexity index is 943. The maximum Gasteiger partial charge on any atom is 0.267 e. The molecule has 0 bridgehead atoms. The van der Waals surface area contributed by atoms with Crippen LogP contribution in [-0.4, -0.2) is 27.6 Å². The Balaban J connectivity index is 1.65. The van der Waals surface area contributed by atoms with Gasteiger partial charge in [-0.1, -0.05) is 30.3 Å². The molecular formula is C18H21N5O3. The molecule has 2 heterocycles. The summed E-state index contributed by atoms with van der Waals surface area (Å²) in [4.78, 5) is 24.8. The first-order valence-corrected chi connectivity index (χ1v) is 8.33. The van der Waals surface area contributed by atoms with E-state index < -0.39 is 6.04 Å². The lowest BCUT2D eigenvalue weighted by molar-refractivity contribution is -0.118. The van der Waals surface area contributed by atoms with Crippen molar-refractivity contribution in [3.63, 3.8) is 0 Å². The third-order valence-electron chi connectivity index (χ3n) is 4.11. The summed E-state index contributed by atoms with van der Waals surface area (Å²) in [6.07, 6.45) is 2.25. The van der Waals surface area contributed by atoms with Gasteiger partial charge in [-0.25, -0.2) is 5.43 Å². The molecule has 0 aliphatic heterocycles. The summed E-state index contributed by atoms with van der Waals surface area (Å²) < 4.78 is 6.81. The second kappa shape index (κ2) is 7.40. The monoisotopic (exact) mass is 355 g/mol. The molecule has 0 saturated carbocycles. The fourth-order valence-electron chi connectivity index (χ4n) is 2.73. The molecule has 2 aromatic heterocycles. The summed E-state index contributed by atoms with van der Waals surface area (Å²) >= 11 is 0. The van der Waals surface area contributed by atoms with E-state index >= 15 is 0 Å². The largest absolute Gasteiger partial charge is 0.360 e. The molecule has 8 nitrogen and oxygen atoms in total. The van der Waals surface area contributed by atoms with Crippen molar-refractivity contribution in [1.29, 1.82) is 0 Å². The van der Waals surface area contributed by atoms with Crippen molar-refractivity contribution in [3.8, 4) is 0 Å². The molecule has 3 aromatic rings. The van der Waals surface area contributed by atoms with E-state index in [0.29, 0.717) is 23.6 Å². The lowest BCUT2D eigenvalue weighted by Crippen LogP contribution is -2.49. The van der Waals surface area contributed by atoms with Gasteiger partial charge in [0.05, 0.1) is 5.56 Å². The third kappa shape index (κ3) is 3.60. The predicted molar refractivity (Wildman–Crippen MR) is 97.5 cm³/mol. The molecule has 136 valence electrons. The summed E-state index contributed by atoms with van der Waals surface area (Å²) in [7, 11) is 1.88. The van der Waals surface area contributed by atoms with Gasteiger partial charge < -0.3 is 14.4 Å². The van der Waals surface area contributed by atoms with E-state index in [1.54, 1.807) is 19.2 Å². The molecule has 0 unspecified atom stereocenters.